The van der Waals surface area contributed by atoms with Crippen LogP contribution in [-0.4, -0.2) is 53.2 Å². The van der Waals surface area contributed by atoms with Crippen LogP contribution in [0, 0.1) is 5.82 Å². The molecule has 2 aromatic carbocycles. The number of para-hydroxylation sites is 1. The lowest BCUT2D eigenvalue weighted by Crippen LogP contribution is -2.49. The summed E-state index contributed by atoms with van der Waals surface area (Å²) in [5.74, 6) is 0.296. The highest BCUT2D eigenvalue weighted by Crippen LogP contribution is 2.49. The first-order valence-electron chi connectivity index (χ1n) is 10.7. The highest BCUT2D eigenvalue weighted by molar-refractivity contribution is 6.03. The molecular weight excluding hydrogens is 381 g/mol. The first kappa shape index (κ1) is 17.9. The lowest BCUT2D eigenvalue weighted by atomic mass is 9.89. The van der Waals surface area contributed by atoms with Crippen molar-refractivity contribution in [3.8, 4) is 0 Å². The summed E-state index contributed by atoms with van der Waals surface area (Å²) in [7, 11) is 0. The second kappa shape index (κ2) is 6.80. The van der Waals surface area contributed by atoms with Gasteiger partial charge in [0.05, 0.1) is 23.4 Å². The Bertz CT molecular complexity index is 1140. The van der Waals surface area contributed by atoms with Crippen molar-refractivity contribution in [2.45, 2.75) is 31.2 Å². The molecule has 0 saturated carbocycles. The fourth-order valence-corrected chi connectivity index (χ4v) is 5.59. The highest BCUT2D eigenvalue weighted by atomic mass is 19.1. The number of hydrogen-bond donors (Lipinski definition) is 2. The van der Waals surface area contributed by atoms with Crippen LogP contribution in [-0.2, 0) is 11.2 Å². The van der Waals surface area contributed by atoms with Crippen LogP contribution in [0.25, 0.3) is 10.9 Å². The molecule has 3 aliphatic heterocycles. The minimum atomic E-state index is -0.252. The van der Waals surface area contributed by atoms with Crippen LogP contribution >= 0.6 is 0 Å². The molecule has 3 aromatic rings. The molecule has 3 aliphatic rings. The van der Waals surface area contributed by atoms with E-state index in [-0.39, 0.29) is 11.7 Å². The normalized spacial score (nSPS) is 22.8. The van der Waals surface area contributed by atoms with Crippen molar-refractivity contribution < 1.29 is 9.18 Å². The Balaban J connectivity index is 1.14. The van der Waals surface area contributed by atoms with Gasteiger partial charge < -0.3 is 15.1 Å². The zero-order valence-corrected chi connectivity index (χ0v) is 16.7. The maximum Gasteiger partial charge on any atom is 0.243 e. The maximum absolute atomic E-state index is 13.4. The molecule has 30 heavy (non-hydrogen) atoms. The van der Waals surface area contributed by atoms with Crippen LogP contribution in [0.4, 0.5) is 15.8 Å². The van der Waals surface area contributed by atoms with Gasteiger partial charge in [0.2, 0.25) is 5.91 Å². The number of aryl methyl sites for hydroxylation is 1. The second-order valence-electron chi connectivity index (χ2n) is 8.65. The molecule has 1 aromatic heterocycles. The van der Waals surface area contributed by atoms with Gasteiger partial charge in [-0.1, -0.05) is 12.1 Å². The number of anilines is 2. The van der Waals surface area contributed by atoms with Gasteiger partial charge in [0.25, 0.3) is 0 Å². The SMILES string of the molecule is O=C1CN2c3c(cccc3[C@@H]3CN(CCCc4[nH]nc5cc(F)ccc45)CCC32)N1. The number of hydrogen-bond acceptors (Lipinski definition) is 4. The molecule has 6 rings (SSSR count). The van der Waals surface area contributed by atoms with E-state index >= 15 is 0 Å². The number of piperidine rings is 1. The van der Waals surface area contributed by atoms with Crippen LogP contribution < -0.4 is 10.2 Å². The van der Waals surface area contributed by atoms with Gasteiger partial charge in [-0.25, -0.2) is 4.39 Å². The van der Waals surface area contributed by atoms with Crippen LogP contribution in [0.1, 0.15) is 30.0 Å². The third-order valence-electron chi connectivity index (χ3n) is 6.90. The molecular formula is C23H24FN5O. The summed E-state index contributed by atoms with van der Waals surface area (Å²) in [5.41, 5.74) is 5.36. The minimum Gasteiger partial charge on any atom is -0.357 e. The lowest BCUT2D eigenvalue weighted by Gasteiger charge is -2.39. The average molecular weight is 405 g/mol. The van der Waals surface area contributed by atoms with Gasteiger partial charge in [-0.05, 0) is 49.6 Å². The van der Waals surface area contributed by atoms with E-state index in [1.807, 2.05) is 12.1 Å². The van der Waals surface area contributed by atoms with Gasteiger partial charge in [-0.2, -0.15) is 5.10 Å². The van der Waals surface area contributed by atoms with E-state index in [0.717, 1.165) is 55.7 Å². The molecule has 4 heterocycles. The van der Waals surface area contributed by atoms with E-state index < -0.39 is 0 Å². The van der Waals surface area contributed by atoms with Crippen LogP contribution in [0.5, 0.6) is 0 Å². The number of H-pyrrole nitrogens is 1. The quantitative estimate of drug-likeness (QED) is 0.699. The third-order valence-corrected chi connectivity index (χ3v) is 6.90. The summed E-state index contributed by atoms with van der Waals surface area (Å²) in [6.07, 6.45) is 3.01. The number of rotatable bonds is 4. The predicted molar refractivity (Wildman–Crippen MR) is 114 cm³/mol. The van der Waals surface area contributed by atoms with Gasteiger partial charge in [0.15, 0.2) is 0 Å². The monoisotopic (exact) mass is 405 g/mol. The first-order chi connectivity index (χ1) is 14.7. The van der Waals surface area contributed by atoms with Crippen molar-refractivity contribution in [2.75, 3.05) is 36.4 Å². The van der Waals surface area contributed by atoms with E-state index in [2.05, 4.69) is 37.4 Å². The van der Waals surface area contributed by atoms with Gasteiger partial charge in [-0.15, -0.1) is 0 Å². The minimum absolute atomic E-state index is 0.0920. The summed E-state index contributed by atoms with van der Waals surface area (Å²) >= 11 is 0. The molecule has 0 radical (unpaired) electrons. The molecule has 1 saturated heterocycles. The standard InChI is InChI=1S/C23H24FN5O/c24-14-6-7-16-18(26-27-20(16)11-14)5-2-9-28-10-8-21-17(12-28)15-3-1-4-19-23(15)29(21)13-22(30)25-19/h1,3-4,6-7,11,17,21H,2,5,8-10,12-13H2,(H,25,30)(H,26,27)/t17-,21?/m0/s1. The molecule has 0 aliphatic carbocycles. The first-order valence-corrected chi connectivity index (χ1v) is 10.7. The maximum atomic E-state index is 13.4. The molecule has 1 fully saturated rings. The summed E-state index contributed by atoms with van der Waals surface area (Å²) < 4.78 is 13.4. The van der Waals surface area contributed by atoms with E-state index in [9.17, 15) is 9.18 Å². The van der Waals surface area contributed by atoms with Gasteiger partial charge in [0.1, 0.15) is 5.82 Å². The van der Waals surface area contributed by atoms with Crippen molar-refractivity contribution in [3.05, 3.63) is 53.5 Å². The zero-order chi connectivity index (χ0) is 20.2. The van der Waals surface area contributed by atoms with E-state index in [4.69, 9.17) is 0 Å². The van der Waals surface area contributed by atoms with E-state index in [0.29, 0.717) is 24.0 Å². The van der Waals surface area contributed by atoms with Gasteiger partial charge >= 0.3 is 0 Å². The van der Waals surface area contributed by atoms with Crippen molar-refractivity contribution >= 4 is 28.2 Å². The molecule has 0 bridgehead atoms. The van der Waals surface area contributed by atoms with E-state index in [1.54, 1.807) is 0 Å². The smallest absolute Gasteiger partial charge is 0.243 e. The number of amides is 1. The molecule has 2 atom stereocenters. The number of aromatic amines is 1. The molecule has 6 nitrogen and oxygen atoms in total. The summed E-state index contributed by atoms with van der Waals surface area (Å²) in [5, 5.41) is 11.4. The Morgan fingerprint density at radius 1 is 1.23 bits per heavy atom. The average Bonchev–Trinajstić information content (AvgIpc) is 3.28. The highest BCUT2D eigenvalue weighted by Gasteiger charge is 2.44. The number of benzene rings is 2. The van der Waals surface area contributed by atoms with Gasteiger partial charge in [-0.3, -0.25) is 9.89 Å². The fraction of sp³-hybridized carbons (Fsp3) is 0.391. The van der Waals surface area contributed by atoms with Crippen molar-refractivity contribution in [3.63, 3.8) is 0 Å². The van der Waals surface area contributed by atoms with Gasteiger partial charge in [0, 0.05) is 42.2 Å². The molecule has 1 amide bonds. The predicted octanol–water partition coefficient (Wildman–Crippen LogP) is 3.26. The Hall–Kier alpha value is -2.93. The summed E-state index contributed by atoms with van der Waals surface area (Å²) in [6.45, 7) is 3.58. The number of carbonyl (C=O) groups is 1. The molecule has 154 valence electrons. The number of nitrogens with one attached hydrogen (secondary N) is 2. The topological polar surface area (TPSA) is 64.3 Å². The van der Waals surface area contributed by atoms with Crippen molar-refractivity contribution in [2.24, 2.45) is 0 Å². The number of halogens is 1. The zero-order valence-electron chi connectivity index (χ0n) is 16.7. The Labute approximate surface area is 174 Å². The number of fused-ring (bicyclic) bond motifs is 4. The lowest BCUT2D eigenvalue weighted by molar-refractivity contribution is -0.115. The molecule has 7 heteroatoms. The fourth-order valence-electron chi connectivity index (χ4n) is 5.59. The molecule has 2 N–H and O–H groups in total. The number of nitrogens with zero attached hydrogens (tertiary/aromatic N) is 3. The van der Waals surface area contributed by atoms with Crippen molar-refractivity contribution in [1.29, 1.82) is 0 Å². The van der Waals surface area contributed by atoms with Crippen LogP contribution in [0.15, 0.2) is 36.4 Å². The van der Waals surface area contributed by atoms with Crippen molar-refractivity contribution in [1.82, 2.24) is 15.1 Å². The summed E-state index contributed by atoms with van der Waals surface area (Å²) in [4.78, 5) is 17.0. The number of likely N-dealkylation sites (tertiary alicyclic amines) is 1. The number of aromatic nitrogens is 2. The van der Waals surface area contributed by atoms with Crippen LogP contribution in [0.2, 0.25) is 0 Å². The number of carbonyl (C=O) groups excluding carboxylic acids is 1. The largest absolute Gasteiger partial charge is 0.357 e. The Morgan fingerprint density at radius 3 is 3.10 bits per heavy atom. The van der Waals surface area contributed by atoms with Crippen LogP contribution in [0.3, 0.4) is 0 Å². The third kappa shape index (κ3) is 2.80. The second-order valence-corrected chi connectivity index (χ2v) is 8.65. The molecule has 0 spiro atoms. The molecule has 1 unspecified atom stereocenters. The van der Waals surface area contributed by atoms with E-state index in [1.165, 1.54) is 23.4 Å². The Kier molecular flexibility index (Phi) is 4.06. The summed E-state index contributed by atoms with van der Waals surface area (Å²) in [6, 6.07) is 11.5. The Morgan fingerprint density at radius 2 is 2.17 bits per heavy atom.